The van der Waals surface area contributed by atoms with Gasteiger partial charge in [0.15, 0.2) is 0 Å². The Morgan fingerprint density at radius 3 is 2.77 bits per heavy atom. The van der Waals surface area contributed by atoms with Gasteiger partial charge in [-0.15, -0.1) is 11.3 Å². The summed E-state index contributed by atoms with van der Waals surface area (Å²) in [5.41, 5.74) is 2.76. The summed E-state index contributed by atoms with van der Waals surface area (Å²) in [6.45, 7) is 9.40. The van der Waals surface area contributed by atoms with E-state index in [0.717, 1.165) is 46.5 Å². The molecule has 1 amide bonds. The minimum Gasteiger partial charge on any atom is -0.325 e. The van der Waals surface area contributed by atoms with Gasteiger partial charge in [-0.1, -0.05) is 19.1 Å². The van der Waals surface area contributed by atoms with Gasteiger partial charge in [0, 0.05) is 23.7 Å². The van der Waals surface area contributed by atoms with E-state index in [1.54, 1.807) is 0 Å². The smallest absolute Gasteiger partial charge is 0.262 e. The van der Waals surface area contributed by atoms with E-state index in [-0.39, 0.29) is 18.0 Å². The van der Waals surface area contributed by atoms with Gasteiger partial charge < -0.3 is 5.32 Å². The minimum atomic E-state index is -0.236. The highest BCUT2D eigenvalue weighted by Crippen LogP contribution is 2.25. The van der Waals surface area contributed by atoms with Gasteiger partial charge in [-0.3, -0.25) is 19.1 Å². The first-order valence-corrected chi connectivity index (χ1v) is 11.3. The van der Waals surface area contributed by atoms with Crippen LogP contribution in [0.4, 0.5) is 5.69 Å². The fraction of sp³-hybridized carbons (Fsp3) is 0.435. The number of thiophene rings is 1. The summed E-state index contributed by atoms with van der Waals surface area (Å²) in [5, 5.41) is 3.50. The van der Waals surface area contributed by atoms with Crippen molar-refractivity contribution in [2.45, 2.75) is 46.7 Å². The van der Waals surface area contributed by atoms with Gasteiger partial charge >= 0.3 is 0 Å². The topological polar surface area (TPSA) is 67.2 Å². The van der Waals surface area contributed by atoms with Crippen LogP contribution in [0.25, 0.3) is 10.2 Å². The zero-order valence-electron chi connectivity index (χ0n) is 17.8. The van der Waals surface area contributed by atoms with E-state index in [4.69, 9.17) is 0 Å². The van der Waals surface area contributed by atoms with Crippen molar-refractivity contribution in [3.8, 4) is 0 Å². The summed E-state index contributed by atoms with van der Waals surface area (Å²) in [6, 6.07) is 7.98. The Bertz CT molecular complexity index is 1120. The summed E-state index contributed by atoms with van der Waals surface area (Å²) in [5.74, 6) is 0.525. The van der Waals surface area contributed by atoms with Gasteiger partial charge in [0.2, 0.25) is 5.91 Å². The number of piperidine rings is 1. The summed E-state index contributed by atoms with van der Waals surface area (Å²) >= 11 is 1.51. The second kappa shape index (κ2) is 8.70. The van der Waals surface area contributed by atoms with Crippen molar-refractivity contribution >= 4 is 33.1 Å². The molecular formula is C23H28N4O2S. The molecule has 2 aromatic heterocycles. The molecule has 1 aliphatic heterocycles. The van der Waals surface area contributed by atoms with Crippen LogP contribution in [0, 0.1) is 19.8 Å². The first kappa shape index (κ1) is 20.8. The maximum absolute atomic E-state index is 12.8. The highest BCUT2D eigenvalue weighted by molar-refractivity contribution is 7.18. The number of aromatic nitrogens is 2. The molecule has 0 saturated carbocycles. The monoisotopic (exact) mass is 424 g/mol. The van der Waals surface area contributed by atoms with Gasteiger partial charge in [-0.05, 0) is 62.4 Å². The minimum absolute atomic E-state index is 0.0521. The molecule has 1 fully saturated rings. The number of aryl methyl sites for hydroxylation is 2. The van der Waals surface area contributed by atoms with Crippen molar-refractivity contribution in [2.75, 3.05) is 18.4 Å². The van der Waals surface area contributed by atoms with E-state index < -0.39 is 0 Å². The van der Waals surface area contributed by atoms with Crippen LogP contribution in [0.1, 0.15) is 35.8 Å². The van der Waals surface area contributed by atoms with E-state index in [0.29, 0.717) is 5.39 Å². The zero-order chi connectivity index (χ0) is 21.3. The maximum atomic E-state index is 12.8. The van der Waals surface area contributed by atoms with Gasteiger partial charge in [0.25, 0.3) is 5.56 Å². The molecule has 0 unspecified atom stereocenters. The summed E-state index contributed by atoms with van der Waals surface area (Å²) in [6.07, 6.45) is 4.04. The number of likely N-dealkylation sites (tertiary alicyclic amines) is 1. The van der Waals surface area contributed by atoms with Gasteiger partial charge in [0.05, 0.1) is 11.7 Å². The largest absolute Gasteiger partial charge is 0.325 e. The number of nitrogens with one attached hydrogen (secondary N) is 1. The Morgan fingerprint density at radius 1 is 1.27 bits per heavy atom. The van der Waals surface area contributed by atoms with E-state index >= 15 is 0 Å². The lowest BCUT2D eigenvalue weighted by Gasteiger charge is -2.30. The molecule has 1 atom stereocenters. The van der Waals surface area contributed by atoms with Crippen LogP contribution in [-0.4, -0.2) is 33.4 Å². The summed E-state index contributed by atoms with van der Waals surface area (Å²) in [4.78, 5) is 33.9. The van der Waals surface area contributed by atoms with Gasteiger partial charge in [-0.25, -0.2) is 4.98 Å². The van der Waals surface area contributed by atoms with Crippen molar-refractivity contribution in [3.63, 3.8) is 0 Å². The van der Waals surface area contributed by atoms with Crippen molar-refractivity contribution < 1.29 is 4.79 Å². The van der Waals surface area contributed by atoms with Gasteiger partial charge in [0.1, 0.15) is 11.4 Å². The van der Waals surface area contributed by atoms with Crippen LogP contribution < -0.4 is 10.9 Å². The van der Waals surface area contributed by atoms with E-state index in [1.165, 1.54) is 40.6 Å². The number of fused-ring (bicyclic) bond motifs is 1. The second-order valence-electron chi connectivity index (χ2n) is 8.37. The third kappa shape index (κ3) is 4.47. The standard InChI is InChI=1S/C23H28N4O2S/c1-15-5-4-10-26(11-15)12-18-6-8-19(9-7-18)25-20(28)13-27-14-24-22-21(23(27)29)16(2)17(3)30-22/h6-9,14-15H,4-5,10-13H2,1-3H3,(H,25,28)/t15-/m0/s1. The molecule has 0 bridgehead atoms. The molecule has 30 heavy (non-hydrogen) atoms. The maximum Gasteiger partial charge on any atom is 0.262 e. The Balaban J connectivity index is 1.39. The van der Waals surface area contributed by atoms with Crippen molar-refractivity contribution in [3.05, 3.63) is 57.0 Å². The fourth-order valence-corrected chi connectivity index (χ4v) is 5.11. The average Bonchev–Trinajstić information content (AvgIpc) is 3.00. The molecule has 4 rings (SSSR count). The van der Waals surface area contributed by atoms with E-state index in [2.05, 4.69) is 34.3 Å². The van der Waals surface area contributed by atoms with Crippen LogP contribution >= 0.6 is 11.3 Å². The molecular weight excluding hydrogens is 396 g/mol. The predicted molar refractivity (Wildman–Crippen MR) is 122 cm³/mol. The molecule has 7 heteroatoms. The molecule has 6 nitrogen and oxygen atoms in total. The SMILES string of the molecule is Cc1sc2ncn(CC(=O)Nc3ccc(CN4CCC[C@H](C)C4)cc3)c(=O)c2c1C. The number of anilines is 1. The quantitative estimate of drug-likeness (QED) is 0.674. The zero-order valence-corrected chi connectivity index (χ0v) is 18.6. The molecule has 158 valence electrons. The highest BCUT2D eigenvalue weighted by Gasteiger charge is 2.16. The van der Waals surface area contributed by atoms with Crippen molar-refractivity contribution in [1.29, 1.82) is 0 Å². The third-order valence-electron chi connectivity index (χ3n) is 5.85. The lowest BCUT2D eigenvalue weighted by Crippen LogP contribution is -2.33. The molecule has 1 aromatic carbocycles. The summed E-state index contributed by atoms with van der Waals surface area (Å²) < 4.78 is 1.38. The van der Waals surface area contributed by atoms with E-state index in [1.807, 2.05) is 26.0 Å². The lowest BCUT2D eigenvalue weighted by atomic mass is 10.00. The average molecular weight is 425 g/mol. The van der Waals surface area contributed by atoms with Crippen LogP contribution in [0.5, 0.6) is 0 Å². The highest BCUT2D eigenvalue weighted by atomic mass is 32.1. The number of nitrogens with zero attached hydrogens (tertiary/aromatic N) is 3. The Morgan fingerprint density at radius 2 is 2.03 bits per heavy atom. The first-order valence-electron chi connectivity index (χ1n) is 10.5. The number of benzene rings is 1. The Kier molecular flexibility index (Phi) is 6.01. The van der Waals surface area contributed by atoms with Crippen LogP contribution in [-0.2, 0) is 17.9 Å². The number of hydrogen-bond acceptors (Lipinski definition) is 5. The molecule has 0 radical (unpaired) electrons. The first-order chi connectivity index (χ1) is 14.4. The Hall–Kier alpha value is -2.51. The molecule has 3 aromatic rings. The van der Waals surface area contributed by atoms with E-state index in [9.17, 15) is 9.59 Å². The molecule has 3 heterocycles. The Labute approximate surface area is 180 Å². The summed E-state index contributed by atoms with van der Waals surface area (Å²) in [7, 11) is 0. The number of carbonyl (C=O) groups is 1. The van der Waals surface area contributed by atoms with Crippen LogP contribution in [0.15, 0.2) is 35.4 Å². The molecule has 1 aliphatic rings. The van der Waals surface area contributed by atoms with Gasteiger partial charge in [-0.2, -0.15) is 0 Å². The van der Waals surface area contributed by atoms with Crippen LogP contribution in [0.3, 0.4) is 0 Å². The molecule has 0 aliphatic carbocycles. The fourth-order valence-electron chi connectivity index (χ4n) is 4.12. The van der Waals surface area contributed by atoms with Crippen molar-refractivity contribution in [1.82, 2.24) is 14.5 Å². The normalized spacial score (nSPS) is 17.4. The molecule has 0 spiro atoms. The molecule has 1 N–H and O–H groups in total. The second-order valence-corrected chi connectivity index (χ2v) is 9.57. The third-order valence-corrected chi connectivity index (χ3v) is 6.97. The number of rotatable bonds is 5. The number of hydrogen-bond donors (Lipinski definition) is 1. The number of carbonyl (C=O) groups excluding carboxylic acids is 1. The number of amides is 1. The van der Waals surface area contributed by atoms with Crippen LogP contribution in [0.2, 0.25) is 0 Å². The molecule has 1 saturated heterocycles. The lowest BCUT2D eigenvalue weighted by molar-refractivity contribution is -0.116. The predicted octanol–water partition coefficient (Wildman–Crippen LogP) is 3.95. The van der Waals surface area contributed by atoms with Crippen molar-refractivity contribution in [2.24, 2.45) is 5.92 Å².